The van der Waals surface area contributed by atoms with Gasteiger partial charge < -0.3 is 14.0 Å². The van der Waals surface area contributed by atoms with Crippen LogP contribution in [0.1, 0.15) is 30.4 Å². The van der Waals surface area contributed by atoms with Gasteiger partial charge in [0, 0.05) is 6.20 Å². The van der Waals surface area contributed by atoms with E-state index in [2.05, 4.69) is 0 Å². The van der Waals surface area contributed by atoms with Gasteiger partial charge in [-0.2, -0.15) is 4.39 Å². The number of halogens is 2. The number of carbonyl (C=O) groups is 1. The highest BCUT2D eigenvalue weighted by Crippen LogP contribution is 2.38. The second-order valence-corrected chi connectivity index (χ2v) is 4.61. The van der Waals surface area contributed by atoms with Crippen molar-refractivity contribution >= 4 is 16.9 Å². The molecule has 1 aliphatic rings. The van der Waals surface area contributed by atoms with Gasteiger partial charge in [-0.3, -0.25) is 4.79 Å². The molecular weight excluding hydrogens is 284 g/mol. The van der Waals surface area contributed by atoms with Crippen molar-refractivity contribution in [3.63, 3.8) is 0 Å². The van der Waals surface area contributed by atoms with Crippen LogP contribution in [0.3, 0.4) is 0 Å². The maximum absolute atomic E-state index is 13.7. The number of nitrogens with zero attached hydrogens (tertiary/aromatic N) is 1. The molecule has 110 valence electrons. The van der Waals surface area contributed by atoms with Crippen molar-refractivity contribution in [3.05, 3.63) is 39.7 Å². The fourth-order valence-corrected chi connectivity index (χ4v) is 2.41. The average Bonchev–Trinajstić information content (AvgIpc) is 2.77. The zero-order chi connectivity index (χ0) is 15.3. The third-order valence-corrected chi connectivity index (χ3v) is 3.34. The number of hydrogen-bond donors (Lipinski definition) is 0. The van der Waals surface area contributed by atoms with Crippen LogP contribution in [0.4, 0.5) is 8.78 Å². The van der Waals surface area contributed by atoms with Gasteiger partial charge in [-0.05, 0) is 19.9 Å². The van der Waals surface area contributed by atoms with Gasteiger partial charge in [-0.15, -0.1) is 0 Å². The van der Waals surface area contributed by atoms with Crippen molar-refractivity contribution in [1.82, 2.24) is 4.57 Å². The molecule has 0 amide bonds. The lowest BCUT2D eigenvalue weighted by atomic mass is 10.1. The minimum Gasteiger partial charge on any atom is -0.465 e. The Labute approximate surface area is 117 Å². The Balaban J connectivity index is 2.40. The van der Waals surface area contributed by atoms with E-state index < -0.39 is 29.3 Å². The van der Waals surface area contributed by atoms with Gasteiger partial charge in [0.05, 0.1) is 12.0 Å². The van der Waals surface area contributed by atoms with Crippen LogP contribution in [0.15, 0.2) is 17.1 Å². The minimum atomic E-state index is -1.20. The molecule has 5 nitrogen and oxygen atoms in total. The average molecular weight is 295 g/mol. The van der Waals surface area contributed by atoms with Crippen LogP contribution in [0, 0.1) is 11.6 Å². The molecule has 3 rings (SSSR count). The molecule has 0 fully saturated rings. The lowest BCUT2D eigenvalue weighted by molar-refractivity contribution is 0.0523. The SMILES string of the molecule is CCOC(=O)c1cn2c3c(c(F)c(F)cc3c1=O)OC2C. The van der Waals surface area contributed by atoms with Crippen molar-refractivity contribution in [3.8, 4) is 5.75 Å². The number of carbonyl (C=O) groups excluding carboxylic acids is 1. The number of pyridine rings is 1. The molecule has 0 aliphatic carbocycles. The standard InChI is InChI=1S/C14H11F2NO4/c1-3-20-14(19)8-5-17-6(2)21-13-10(16)9(15)4-7(11(13)17)12(8)18/h4-6H,3H2,1-2H3. The van der Waals surface area contributed by atoms with Gasteiger partial charge >= 0.3 is 5.97 Å². The molecule has 1 aliphatic heterocycles. The number of rotatable bonds is 2. The Kier molecular flexibility index (Phi) is 2.93. The molecule has 2 aromatic rings. The molecular formula is C14H11F2NO4. The first-order chi connectivity index (χ1) is 9.95. The molecule has 7 heteroatoms. The third kappa shape index (κ3) is 1.80. The number of ether oxygens (including phenoxy) is 2. The minimum absolute atomic E-state index is 0.103. The van der Waals surface area contributed by atoms with Crippen LogP contribution in [0.25, 0.3) is 10.9 Å². The highest BCUT2D eigenvalue weighted by atomic mass is 19.2. The highest BCUT2D eigenvalue weighted by Gasteiger charge is 2.30. The summed E-state index contributed by atoms with van der Waals surface area (Å²) in [4.78, 5) is 24.1. The van der Waals surface area contributed by atoms with Gasteiger partial charge in [0.2, 0.25) is 11.2 Å². The first kappa shape index (κ1) is 13.5. The van der Waals surface area contributed by atoms with Crippen LogP contribution in [-0.4, -0.2) is 17.1 Å². The lowest BCUT2D eigenvalue weighted by Crippen LogP contribution is -2.21. The molecule has 1 aromatic heterocycles. The Bertz CT molecular complexity index is 828. The van der Waals surface area contributed by atoms with Crippen LogP contribution >= 0.6 is 0 Å². The molecule has 0 N–H and O–H groups in total. The summed E-state index contributed by atoms with van der Waals surface area (Å²) in [5, 5.41) is -0.112. The zero-order valence-electron chi connectivity index (χ0n) is 11.3. The van der Waals surface area contributed by atoms with E-state index in [1.54, 1.807) is 13.8 Å². The van der Waals surface area contributed by atoms with Gasteiger partial charge in [0.25, 0.3) is 0 Å². The first-order valence-corrected chi connectivity index (χ1v) is 6.36. The predicted octanol–water partition coefficient (Wildman–Crippen LogP) is 2.37. The summed E-state index contributed by atoms with van der Waals surface area (Å²) in [5.41, 5.74) is -0.810. The summed E-state index contributed by atoms with van der Waals surface area (Å²) < 4.78 is 38.8. The topological polar surface area (TPSA) is 57.5 Å². The Morgan fingerprint density at radius 3 is 2.86 bits per heavy atom. The lowest BCUT2D eigenvalue weighted by Gasteiger charge is -2.10. The number of benzene rings is 1. The molecule has 21 heavy (non-hydrogen) atoms. The molecule has 2 heterocycles. The summed E-state index contributed by atoms with van der Waals surface area (Å²) in [6, 6.07) is 0.775. The predicted molar refractivity (Wildman–Crippen MR) is 69.4 cm³/mol. The van der Waals surface area contributed by atoms with E-state index in [1.807, 2.05) is 0 Å². The largest absolute Gasteiger partial charge is 0.465 e. The van der Waals surface area contributed by atoms with E-state index in [9.17, 15) is 18.4 Å². The maximum Gasteiger partial charge on any atom is 0.343 e. The maximum atomic E-state index is 13.7. The van der Waals surface area contributed by atoms with Gasteiger partial charge in [-0.25, -0.2) is 9.18 Å². The number of esters is 1. The van der Waals surface area contributed by atoms with Crippen molar-refractivity contribution in [2.75, 3.05) is 6.61 Å². The molecule has 0 saturated heterocycles. The van der Waals surface area contributed by atoms with E-state index >= 15 is 0 Å². The molecule has 1 unspecified atom stereocenters. The fourth-order valence-electron chi connectivity index (χ4n) is 2.41. The molecule has 1 aromatic carbocycles. The van der Waals surface area contributed by atoms with Gasteiger partial charge in [-0.1, -0.05) is 0 Å². The Hall–Kier alpha value is -2.44. The summed E-state index contributed by atoms with van der Waals surface area (Å²) in [6.07, 6.45) is 0.592. The zero-order valence-corrected chi connectivity index (χ0v) is 11.3. The van der Waals surface area contributed by atoms with E-state index in [0.29, 0.717) is 0 Å². The normalized spacial score (nSPS) is 16.1. The fraction of sp³-hybridized carbons (Fsp3) is 0.286. The summed E-state index contributed by atoms with van der Waals surface area (Å²) >= 11 is 0. The monoisotopic (exact) mass is 295 g/mol. The van der Waals surface area contributed by atoms with Crippen LogP contribution in [-0.2, 0) is 4.74 Å². The first-order valence-electron chi connectivity index (χ1n) is 6.36. The summed E-state index contributed by atoms with van der Waals surface area (Å²) in [6.45, 7) is 3.30. The quantitative estimate of drug-likeness (QED) is 0.798. The van der Waals surface area contributed by atoms with Crippen LogP contribution < -0.4 is 10.2 Å². The Morgan fingerprint density at radius 2 is 2.19 bits per heavy atom. The second kappa shape index (κ2) is 4.54. The van der Waals surface area contributed by atoms with E-state index in [1.165, 1.54) is 10.8 Å². The third-order valence-electron chi connectivity index (χ3n) is 3.34. The van der Waals surface area contributed by atoms with E-state index in [0.717, 1.165) is 6.07 Å². The molecule has 1 atom stereocenters. The van der Waals surface area contributed by atoms with Gasteiger partial charge in [0.1, 0.15) is 11.1 Å². The molecule has 0 spiro atoms. The van der Waals surface area contributed by atoms with Crippen LogP contribution in [0.2, 0.25) is 0 Å². The van der Waals surface area contributed by atoms with Crippen LogP contribution in [0.5, 0.6) is 5.75 Å². The van der Waals surface area contributed by atoms with E-state index in [-0.39, 0.29) is 28.8 Å². The summed E-state index contributed by atoms with van der Waals surface area (Å²) in [7, 11) is 0. The Morgan fingerprint density at radius 1 is 1.48 bits per heavy atom. The molecule has 0 saturated carbocycles. The molecule has 0 bridgehead atoms. The van der Waals surface area contributed by atoms with E-state index in [4.69, 9.17) is 9.47 Å². The van der Waals surface area contributed by atoms with Gasteiger partial charge in [0.15, 0.2) is 17.8 Å². The highest BCUT2D eigenvalue weighted by molar-refractivity contribution is 5.95. The summed E-state index contributed by atoms with van der Waals surface area (Å²) in [5.74, 6) is -3.47. The second-order valence-electron chi connectivity index (χ2n) is 4.61. The van der Waals surface area contributed by atoms with Crippen molar-refractivity contribution in [2.24, 2.45) is 0 Å². The number of aromatic nitrogens is 1. The number of hydrogen-bond acceptors (Lipinski definition) is 4. The van der Waals surface area contributed by atoms with Crippen molar-refractivity contribution < 1.29 is 23.0 Å². The van der Waals surface area contributed by atoms with Crippen molar-refractivity contribution in [2.45, 2.75) is 20.1 Å². The molecule has 0 radical (unpaired) electrons. The van der Waals surface area contributed by atoms with Crippen molar-refractivity contribution in [1.29, 1.82) is 0 Å². The smallest absolute Gasteiger partial charge is 0.343 e.